The topological polar surface area (TPSA) is 35.6 Å². The van der Waals surface area contributed by atoms with Crippen molar-refractivity contribution in [1.29, 1.82) is 0 Å². The monoisotopic (exact) mass is 269 g/mol. The number of piperidine rings is 1. The summed E-state index contributed by atoms with van der Waals surface area (Å²) in [4.78, 5) is 16.2. The summed E-state index contributed by atoms with van der Waals surface area (Å²) >= 11 is 0. The van der Waals surface area contributed by atoms with Gasteiger partial charge in [0.2, 0.25) is 5.91 Å². The summed E-state index contributed by atoms with van der Waals surface area (Å²) in [7, 11) is 2.18. The van der Waals surface area contributed by atoms with Crippen LogP contribution < -0.4 is 5.32 Å². The van der Waals surface area contributed by atoms with E-state index in [9.17, 15) is 4.79 Å². The summed E-state index contributed by atoms with van der Waals surface area (Å²) in [5.41, 5.74) is 0. The van der Waals surface area contributed by atoms with E-state index in [-0.39, 0.29) is 0 Å². The van der Waals surface area contributed by atoms with Crippen molar-refractivity contribution in [3.05, 3.63) is 0 Å². The van der Waals surface area contributed by atoms with Crippen LogP contribution in [0, 0.1) is 5.92 Å². The Bertz CT molecular complexity index is 248. The van der Waals surface area contributed by atoms with Crippen molar-refractivity contribution < 1.29 is 4.79 Å². The summed E-state index contributed by atoms with van der Waals surface area (Å²) in [6.07, 6.45) is 4.32. The van der Waals surface area contributed by atoms with Gasteiger partial charge in [-0.1, -0.05) is 0 Å². The Hall–Kier alpha value is -0.610. The third kappa shape index (κ3) is 6.39. The molecule has 4 heteroatoms. The highest BCUT2D eigenvalue weighted by atomic mass is 16.2. The molecule has 19 heavy (non-hydrogen) atoms. The lowest BCUT2D eigenvalue weighted by atomic mass is 9.99. The lowest BCUT2D eigenvalue weighted by Crippen LogP contribution is -2.37. The summed E-state index contributed by atoms with van der Waals surface area (Å²) in [6, 6.07) is 0. The molecule has 1 unspecified atom stereocenters. The Morgan fingerprint density at radius 3 is 2.63 bits per heavy atom. The van der Waals surface area contributed by atoms with E-state index in [0.717, 1.165) is 45.1 Å². The highest BCUT2D eigenvalue weighted by Crippen LogP contribution is 2.11. The third-order valence-electron chi connectivity index (χ3n) is 4.02. The third-order valence-corrected chi connectivity index (χ3v) is 4.02. The molecule has 1 saturated heterocycles. The molecule has 0 aliphatic carbocycles. The molecule has 0 saturated carbocycles. The second kappa shape index (κ2) is 9.32. The lowest BCUT2D eigenvalue weighted by molar-refractivity contribution is -0.130. The Morgan fingerprint density at radius 2 is 2.05 bits per heavy atom. The van der Waals surface area contributed by atoms with Crippen molar-refractivity contribution in [3.63, 3.8) is 0 Å². The fourth-order valence-electron chi connectivity index (χ4n) is 2.85. The summed E-state index contributed by atoms with van der Waals surface area (Å²) in [5.74, 6) is 1.09. The molecule has 0 radical (unpaired) electrons. The van der Waals surface area contributed by atoms with Crippen LogP contribution in [0.25, 0.3) is 0 Å². The van der Waals surface area contributed by atoms with Gasteiger partial charge in [0.05, 0.1) is 0 Å². The van der Waals surface area contributed by atoms with Crippen LogP contribution in [-0.4, -0.2) is 62.0 Å². The molecule has 1 amide bonds. The van der Waals surface area contributed by atoms with E-state index in [1.165, 1.54) is 19.4 Å². The molecule has 0 aromatic carbocycles. The van der Waals surface area contributed by atoms with Gasteiger partial charge in [0.15, 0.2) is 0 Å². The second-order valence-corrected chi connectivity index (χ2v) is 5.64. The first-order valence-corrected chi connectivity index (χ1v) is 7.84. The maximum absolute atomic E-state index is 11.9. The van der Waals surface area contributed by atoms with Crippen LogP contribution in [0.5, 0.6) is 0 Å². The number of nitrogens with zero attached hydrogens (tertiary/aromatic N) is 2. The average Bonchev–Trinajstić information content (AvgIpc) is 2.41. The number of nitrogens with one attached hydrogen (secondary N) is 1. The van der Waals surface area contributed by atoms with Gasteiger partial charge in [0.25, 0.3) is 0 Å². The van der Waals surface area contributed by atoms with Crippen molar-refractivity contribution in [1.82, 2.24) is 15.1 Å². The van der Waals surface area contributed by atoms with Crippen LogP contribution >= 0.6 is 0 Å². The quantitative estimate of drug-likeness (QED) is 0.726. The fourth-order valence-corrected chi connectivity index (χ4v) is 2.85. The molecule has 1 N–H and O–H groups in total. The van der Waals surface area contributed by atoms with E-state index in [1.54, 1.807) is 0 Å². The van der Waals surface area contributed by atoms with Gasteiger partial charge in [-0.3, -0.25) is 4.79 Å². The Morgan fingerprint density at radius 1 is 1.32 bits per heavy atom. The van der Waals surface area contributed by atoms with Crippen molar-refractivity contribution in [2.24, 2.45) is 5.92 Å². The molecular weight excluding hydrogens is 238 g/mol. The van der Waals surface area contributed by atoms with E-state index < -0.39 is 0 Å². The lowest BCUT2D eigenvalue weighted by Gasteiger charge is -2.27. The first kappa shape index (κ1) is 16.4. The van der Waals surface area contributed by atoms with Crippen LogP contribution in [0.1, 0.15) is 39.5 Å². The van der Waals surface area contributed by atoms with Crippen LogP contribution in [0.4, 0.5) is 0 Å². The number of rotatable bonds is 8. The van der Waals surface area contributed by atoms with Gasteiger partial charge in [0, 0.05) is 26.1 Å². The smallest absolute Gasteiger partial charge is 0.222 e. The van der Waals surface area contributed by atoms with E-state index in [1.807, 2.05) is 18.7 Å². The molecule has 1 heterocycles. The zero-order chi connectivity index (χ0) is 14.1. The fraction of sp³-hybridized carbons (Fsp3) is 0.933. The van der Waals surface area contributed by atoms with E-state index >= 15 is 0 Å². The Balaban J connectivity index is 2.12. The summed E-state index contributed by atoms with van der Waals surface area (Å²) < 4.78 is 0. The average molecular weight is 269 g/mol. The van der Waals surface area contributed by atoms with E-state index in [0.29, 0.717) is 12.3 Å². The van der Waals surface area contributed by atoms with Crippen LogP contribution in [0.2, 0.25) is 0 Å². The Kier molecular flexibility index (Phi) is 8.07. The van der Waals surface area contributed by atoms with Crippen molar-refractivity contribution in [3.8, 4) is 0 Å². The molecular formula is C15H31N3O. The number of carbonyl (C=O) groups is 1. The minimum absolute atomic E-state index is 0.303. The van der Waals surface area contributed by atoms with Crippen LogP contribution in [-0.2, 0) is 4.79 Å². The number of hydrogen-bond donors (Lipinski definition) is 1. The number of hydrogen-bond acceptors (Lipinski definition) is 3. The van der Waals surface area contributed by atoms with Gasteiger partial charge in [-0.25, -0.2) is 0 Å². The minimum Gasteiger partial charge on any atom is -0.343 e. The highest BCUT2D eigenvalue weighted by Gasteiger charge is 2.15. The van der Waals surface area contributed by atoms with E-state index in [4.69, 9.17) is 0 Å². The van der Waals surface area contributed by atoms with E-state index in [2.05, 4.69) is 17.3 Å². The molecule has 1 aliphatic rings. The van der Waals surface area contributed by atoms with Gasteiger partial charge in [-0.15, -0.1) is 0 Å². The maximum atomic E-state index is 11.9. The first-order valence-electron chi connectivity index (χ1n) is 7.84. The predicted octanol–water partition coefficient (Wildman–Crippen LogP) is 1.57. The van der Waals surface area contributed by atoms with Crippen molar-refractivity contribution in [2.45, 2.75) is 39.5 Å². The first-order chi connectivity index (χ1) is 9.17. The van der Waals surface area contributed by atoms with Crippen LogP contribution in [0.15, 0.2) is 0 Å². The van der Waals surface area contributed by atoms with Crippen molar-refractivity contribution in [2.75, 3.05) is 46.3 Å². The summed E-state index contributed by atoms with van der Waals surface area (Å²) in [5, 5.41) is 3.46. The van der Waals surface area contributed by atoms with Gasteiger partial charge >= 0.3 is 0 Å². The molecule has 1 rings (SSSR count). The second-order valence-electron chi connectivity index (χ2n) is 5.64. The Labute approximate surface area is 118 Å². The van der Waals surface area contributed by atoms with Crippen LogP contribution in [0.3, 0.4) is 0 Å². The van der Waals surface area contributed by atoms with Gasteiger partial charge in [0.1, 0.15) is 0 Å². The largest absolute Gasteiger partial charge is 0.343 e. The zero-order valence-electron chi connectivity index (χ0n) is 13.0. The molecule has 0 bridgehead atoms. The molecule has 1 fully saturated rings. The van der Waals surface area contributed by atoms with Gasteiger partial charge in [-0.2, -0.15) is 0 Å². The molecule has 0 aromatic heterocycles. The van der Waals surface area contributed by atoms with Gasteiger partial charge < -0.3 is 15.1 Å². The van der Waals surface area contributed by atoms with Crippen molar-refractivity contribution >= 4 is 5.91 Å². The maximum Gasteiger partial charge on any atom is 0.222 e. The normalized spacial score (nSPS) is 19.7. The molecule has 1 atom stereocenters. The SMILES string of the molecule is CCN(CC)C(=O)CCCN(C)CC1CCCNC1. The number of carbonyl (C=O) groups excluding carboxylic acids is 1. The predicted molar refractivity (Wildman–Crippen MR) is 80.3 cm³/mol. The molecule has 4 nitrogen and oxygen atoms in total. The summed E-state index contributed by atoms with van der Waals surface area (Å²) in [6.45, 7) is 10.3. The highest BCUT2D eigenvalue weighted by molar-refractivity contribution is 5.76. The molecule has 1 aliphatic heterocycles. The zero-order valence-corrected chi connectivity index (χ0v) is 13.0. The minimum atomic E-state index is 0.303. The van der Waals surface area contributed by atoms with Gasteiger partial charge in [-0.05, 0) is 65.7 Å². The number of amides is 1. The molecule has 112 valence electrons. The molecule has 0 aromatic rings. The standard InChI is InChI=1S/C15H31N3O/c1-4-18(5-2)15(19)9-7-11-17(3)13-14-8-6-10-16-12-14/h14,16H,4-13H2,1-3H3. The molecule has 0 spiro atoms.